The Morgan fingerprint density at radius 1 is 1.06 bits per heavy atom. The number of carbonyl (C=O) groups excluding carboxylic acids is 1. The van der Waals surface area contributed by atoms with Gasteiger partial charge in [0, 0.05) is 36.8 Å². The fourth-order valence-electron chi connectivity index (χ4n) is 3.81. The van der Waals surface area contributed by atoms with Gasteiger partial charge in [0.25, 0.3) is 0 Å². The molecule has 3 aromatic rings. The van der Waals surface area contributed by atoms with Crippen LogP contribution in [-0.2, 0) is 4.74 Å². The molecule has 1 aliphatic rings. The number of nitrogens with one attached hydrogen (secondary N) is 1. The van der Waals surface area contributed by atoms with Gasteiger partial charge in [-0.05, 0) is 48.9 Å². The number of nitrogens with zero attached hydrogens (tertiary/aromatic N) is 1. The Bertz CT molecular complexity index is 1180. The maximum atomic E-state index is 14.1. The van der Waals surface area contributed by atoms with E-state index in [1.807, 2.05) is 19.1 Å². The van der Waals surface area contributed by atoms with Crippen molar-refractivity contribution in [3.05, 3.63) is 82.9 Å². The number of morpholine rings is 1. The van der Waals surface area contributed by atoms with E-state index in [0.717, 1.165) is 50.5 Å². The lowest BCUT2D eigenvalue weighted by atomic mass is 9.97. The Hall–Kier alpha value is -3.49. The molecule has 3 aromatic carbocycles. The molecule has 1 fully saturated rings. The Morgan fingerprint density at radius 3 is 2.62 bits per heavy atom. The fraction of sp³-hybridized carbons (Fsp3) is 0.269. The maximum Gasteiger partial charge on any atom is 0.195 e. The largest absolute Gasteiger partial charge is 0.492 e. The number of ether oxygens (including phenoxy) is 2. The molecule has 4 rings (SSSR count). The Labute approximate surface area is 197 Å². The lowest BCUT2D eigenvalue weighted by Gasteiger charge is -2.26. The van der Waals surface area contributed by atoms with Crippen molar-refractivity contribution < 1.29 is 23.0 Å². The summed E-state index contributed by atoms with van der Waals surface area (Å²) < 4.78 is 38.5. The zero-order valence-electron chi connectivity index (χ0n) is 18.9. The van der Waals surface area contributed by atoms with Crippen molar-refractivity contribution in [2.45, 2.75) is 6.92 Å². The van der Waals surface area contributed by atoms with Gasteiger partial charge < -0.3 is 20.5 Å². The molecule has 0 spiro atoms. The predicted octanol–water partition coefficient (Wildman–Crippen LogP) is 4.54. The van der Waals surface area contributed by atoms with Gasteiger partial charge in [0.2, 0.25) is 0 Å². The third-order valence-electron chi connectivity index (χ3n) is 5.78. The molecule has 6 nitrogen and oxygen atoms in total. The number of anilines is 3. The molecular weight excluding hydrogens is 440 g/mol. The number of nitrogens with two attached hydrogens (primary N) is 1. The Morgan fingerprint density at radius 2 is 1.85 bits per heavy atom. The second-order valence-electron chi connectivity index (χ2n) is 8.12. The average Bonchev–Trinajstić information content (AvgIpc) is 2.83. The van der Waals surface area contributed by atoms with Gasteiger partial charge in [-0.3, -0.25) is 9.69 Å². The molecule has 0 saturated carbocycles. The van der Waals surface area contributed by atoms with E-state index in [4.69, 9.17) is 15.2 Å². The summed E-state index contributed by atoms with van der Waals surface area (Å²) in [6, 6.07) is 13.5. The molecule has 0 bridgehead atoms. The zero-order chi connectivity index (χ0) is 24.1. The SMILES string of the molecule is Cc1ccc(OCCN2CCOCC2)cc1C(=O)c1cccc(Nc2ccc(F)cc2F)c1N. The van der Waals surface area contributed by atoms with Crippen LogP contribution < -0.4 is 15.8 Å². The molecule has 0 atom stereocenters. The quantitative estimate of drug-likeness (QED) is 0.374. The van der Waals surface area contributed by atoms with Crippen LogP contribution in [0.15, 0.2) is 54.6 Å². The molecule has 0 amide bonds. The van der Waals surface area contributed by atoms with Crippen LogP contribution in [0, 0.1) is 18.6 Å². The number of hydrogen-bond donors (Lipinski definition) is 2. The predicted molar refractivity (Wildman–Crippen MR) is 128 cm³/mol. The van der Waals surface area contributed by atoms with Crippen molar-refractivity contribution in [1.82, 2.24) is 4.90 Å². The first kappa shape index (κ1) is 23.7. The monoisotopic (exact) mass is 467 g/mol. The van der Waals surface area contributed by atoms with E-state index in [9.17, 15) is 13.6 Å². The number of benzene rings is 3. The third-order valence-corrected chi connectivity index (χ3v) is 5.78. The molecule has 8 heteroatoms. The van der Waals surface area contributed by atoms with Crippen molar-refractivity contribution in [1.29, 1.82) is 0 Å². The summed E-state index contributed by atoms with van der Waals surface area (Å²) >= 11 is 0. The normalized spacial score (nSPS) is 14.1. The summed E-state index contributed by atoms with van der Waals surface area (Å²) in [7, 11) is 0. The maximum absolute atomic E-state index is 14.1. The summed E-state index contributed by atoms with van der Waals surface area (Å²) in [5.74, 6) is -1.10. The average molecular weight is 468 g/mol. The number of halogens is 2. The number of hydrogen-bond acceptors (Lipinski definition) is 6. The fourth-order valence-corrected chi connectivity index (χ4v) is 3.81. The summed E-state index contributed by atoms with van der Waals surface area (Å²) in [5, 5.41) is 2.84. The van der Waals surface area contributed by atoms with Crippen LogP contribution in [0.4, 0.5) is 25.8 Å². The van der Waals surface area contributed by atoms with Crippen molar-refractivity contribution in [3.63, 3.8) is 0 Å². The van der Waals surface area contributed by atoms with Crippen LogP contribution in [-0.4, -0.2) is 50.1 Å². The van der Waals surface area contributed by atoms with Crippen molar-refractivity contribution in [3.8, 4) is 5.75 Å². The van der Waals surface area contributed by atoms with Crippen LogP contribution in [0.3, 0.4) is 0 Å². The summed E-state index contributed by atoms with van der Waals surface area (Å²) in [6.45, 7) is 6.34. The first-order valence-electron chi connectivity index (χ1n) is 11.1. The molecule has 1 heterocycles. The van der Waals surface area contributed by atoms with Gasteiger partial charge in [-0.25, -0.2) is 8.78 Å². The van der Waals surface area contributed by atoms with E-state index < -0.39 is 11.6 Å². The van der Waals surface area contributed by atoms with Gasteiger partial charge in [-0.1, -0.05) is 12.1 Å². The second kappa shape index (κ2) is 10.6. The highest BCUT2D eigenvalue weighted by molar-refractivity contribution is 6.14. The van der Waals surface area contributed by atoms with Crippen LogP contribution in [0.25, 0.3) is 0 Å². The van der Waals surface area contributed by atoms with Gasteiger partial charge in [-0.15, -0.1) is 0 Å². The minimum Gasteiger partial charge on any atom is -0.492 e. The van der Waals surface area contributed by atoms with E-state index in [0.29, 0.717) is 23.6 Å². The number of nitrogen functional groups attached to an aromatic ring is 1. The smallest absolute Gasteiger partial charge is 0.195 e. The van der Waals surface area contributed by atoms with E-state index in [2.05, 4.69) is 10.2 Å². The second-order valence-corrected chi connectivity index (χ2v) is 8.12. The molecule has 0 radical (unpaired) electrons. The summed E-state index contributed by atoms with van der Waals surface area (Å²) in [4.78, 5) is 15.6. The first-order valence-corrected chi connectivity index (χ1v) is 11.1. The van der Waals surface area contributed by atoms with Gasteiger partial charge in [0.15, 0.2) is 5.78 Å². The van der Waals surface area contributed by atoms with E-state index >= 15 is 0 Å². The van der Waals surface area contributed by atoms with Gasteiger partial charge in [0.05, 0.1) is 30.3 Å². The number of ketones is 1. The molecule has 1 aliphatic heterocycles. The highest BCUT2D eigenvalue weighted by Crippen LogP contribution is 2.30. The number of carbonyl (C=O) groups is 1. The van der Waals surface area contributed by atoms with E-state index in [1.165, 1.54) is 6.07 Å². The molecule has 3 N–H and O–H groups in total. The molecule has 0 aliphatic carbocycles. The zero-order valence-corrected chi connectivity index (χ0v) is 18.9. The topological polar surface area (TPSA) is 76.8 Å². The van der Waals surface area contributed by atoms with Gasteiger partial charge in [0.1, 0.15) is 24.0 Å². The minimum atomic E-state index is -0.756. The van der Waals surface area contributed by atoms with Gasteiger partial charge >= 0.3 is 0 Å². The molecule has 0 unspecified atom stereocenters. The number of para-hydroxylation sites is 1. The standard InChI is InChI=1S/C26H27F2N3O3/c1-17-5-7-19(34-14-11-31-9-12-33-13-10-31)16-21(17)26(32)20-3-2-4-24(25(20)29)30-23-8-6-18(27)15-22(23)28/h2-8,15-16,30H,9-14,29H2,1H3. The lowest BCUT2D eigenvalue weighted by molar-refractivity contribution is 0.0322. The molecule has 0 aromatic heterocycles. The molecule has 178 valence electrons. The molecule has 1 saturated heterocycles. The van der Waals surface area contributed by atoms with Crippen molar-refractivity contribution in [2.75, 3.05) is 50.5 Å². The highest BCUT2D eigenvalue weighted by Gasteiger charge is 2.18. The Kier molecular flexibility index (Phi) is 7.40. The van der Waals surface area contributed by atoms with E-state index in [-0.39, 0.29) is 22.7 Å². The highest BCUT2D eigenvalue weighted by atomic mass is 19.1. The first-order chi connectivity index (χ1) is 16.4. The van der Waals surface area contributed by atoms with Crippen LogP contribution in [0.5, 0.6) is 5.75 Å². The van der Waals surface area contributed by atoms with Crippen LogP contribution >= 0.6 is 0 Å². The lowest BCUT2D eigenvalue weighted by Crippen LogP contribution is -2.38. The van der Waals surface area contributed by atoms with Crippen molar-refractivity contribution >= 4 is 22.8 Å². The molecular formula is C26H27F2N3O3. The molecule has 34 heavy (non-hydrogen) atoms. The number of aryl methyl sites for hydroxylation is 1. The number of rotatable bonds is 8. The van der Waals surface area contributed by atoms with Crippen LogP contribution in [0.2, 0.25) is 0 Å². The van der Waals surface area contributed by atoms with Gasteiger partial charge in [-0.2, -0.15) is 0 Å². The minimum absolute atomic E-state index is 0.0598. The van der Waals surface area contributed by atoms with E-state index in [1.54, 1.807) is 24.3 Å². The summed E-state index contributed by atoms with van der Waals surface area (Å²) in [6.07, 6.45) is 0. The van der Waals surface area contributed by atoms with Crippen LogP contribution in [0.1, 0.15) is 21.5 Å². The Balaban J connectivity index is 1.50. The summed E-state index contributed by atoms with van der Waals surface area (Å²) in [5.41, 5.74) is 8.40. The third kappa shape index (κ3) is 5.52. The van der Waals surface area contributed by atoms with Crippen molar-refractivity contribution in [2.24, 2.45) is 0 Å².